The Morgan fingerprint density at radius 2 is 1.88 bits per heavy atom. The molecule has 0 aromatic rings. The fourth-order valence-corrected chi connectivity index (χ4v) is 3.03. The average Bonchev–Trinajstić information content (AvgIpc) is 2.32. The maximum atomic E-state index is 12.2. The monoisotopic (exact) mass is 365 g/mol. The Kier molecular flexibility index (Phi) is 10.2. The highest BCUT2D eigenvalue weighted by Gasteiger charge is 2.30. The van der Waals surface area contributed by atoms with Crippen LogP contribution in [0.15, 0.2) is 0 Å². The molecule has 98 valence electrons. The number of nitrogens with zero attached hydrogens (tertiary/aromatic N) is 1. The van der Waals surface area contributed by atoms with E-state index in [1.54, 1.807) is 4.67 Å². The molecular weight excluding hydrogens is 344 g/mol. The Bertz CT molecular complexity index is 213. The van der Waals surface area contributed by atoms with Crippen molar-refractivity contribution in [2.24, 2.45) is 5.73 Å². The molecule has 0 atom stereocenters. The highest BCUT2D eigenvalue weighted by molar-refractivity contribution is 14.1. The molecule has 0 saturated carbocycles. The lowest BCUT2D eigenvalue weighted by molar-refractivity contribution is 0.206. The maximum Gasteiger partial charge on any atom is 0.407 e. The summed E-state index contributed by atoms with van der Waals surface area (Å²) in [5.74, 6) is 0. The lowest BCUT2D eigenvalue weighted by Crippen LogP contribution is -2.27. The normalized spacial score (nSPS) is 12.3. The molecular formula is C8H21IN3O3P. The van der Waals surface area contributed by atoms with Crippen LogP contribution in [-0.2, 0) is 13.6 Å². The topological polar surface area (TPSA) is 76.8 Å². The number of hydrogen-bond donors (Lipinski definition) is 2. The molecule has 3 N–H and O–H groups in total. The first-order valence-electron chi connectivity index (χ1n) is 5.15. The fourth-order valence-electron chi connectivity index (χ4n) is 1.26. The number of rotatable bonds is 10. The molecule has 0 aliphatic heterocycles. The van der Waals surface area contributed by atoms with Crippen molar-refractivity contribution in [1.82, 2.24) is 8.20 Å². The molecule has 0 heterocycles. The summed E-state index contributed by atoms with van der Waals surface area (Å²) in [6, 6.07) is 0. The molecule has 0 saturated heterocycles. The van der Waals surface area contributed by atoms with E-state index in [4.69, 9.17) is 14.8 Å². The Morgan fingerprint density at radius 3 is 2.31 bits per heavy atom. The molecule has 16 heavy (non-hydrogen) atoms. The first-order valence-corrected chi connectivity index (χ1v) is 7.72. The van der Waals surface area contributed by atoms with Crippen LogP contribution in [0.1, 0.15) is 12.8 Å². The summed E-state index contributed by atoms with van der Waals surface area (Å²) in [6.45, 7) is 2.70. The minimum Gasteiger partial charge on any atom is -0.330 e. The van der Waals surface area contributed by atoms with Gasteiger partial charge in [0.05, 0.1) is 0 Å². The summed E-state index contributed by atoms with van der Waals surface area (Å²) in [5.41, 5.74) is 5.45. The van der Waals surface area contributed by atoms with Gasteiger partial charge in [-0.3, -0.25) is 12.6 Å². The SMILES string of the molecule is COP(=O)(OC)N(CCCN)CCCNI. The largest absolute Gasteiger partial charge is 0.407 e. The maximum absolute atomic E-state index is 12.2. The standard InChI is InChI=1S/C8H21IN3O3P/c1-14-16(13,15-2)12(7-3-5-10)8-4-6-11-9/h11H,3-8,10H2,1-2H3. The summed E-state index contributed by atoms with van der Waals surface area (Å²) in [7, 11) is -0.315. The number of hydrogen-bond acceptors (Lipinski definition) is 5. The van der Waals surface area contributed by atoms with Gasteiger partial charge >= 0.3 is 7.75 Å². The molecule has 0 aromatic carbocycles. The van der Waals surface area contributed by atoms with E-state index in [1.807, 2.05) is 0 Å². The van der Waals surface area contributed by atoms with Crippen LogP contribution in [0.25, 0.3) is 0 Å². The van der Waals surface area contributed by atoms with E-state index in [-0.39, 0.29) is 0 Å². The summed E-state index contributed by atoms with van der Waals surface area (Å²) in [4.78, 5) is 0. The molecule has 0 aromatic heterocycles. The predicted octanol–water partition coefficient (Wildman–Crippen LogP) is 1.37. The van der Waals surface area contributed by atoms with Crippen molar-refractivity contribution >= 4 is 30.6 Å². The molecule has 0 radical (unpaired) electrons. The van der Waals surface area contributed by atoms with Gasteiger partial charge in [0.15, 0.2) is 0 Å². The Hall–Kier alpha value is 0.760. The van der Waals surface area contributed by atoms with Crippen molar-refractivity contribution in [3.63, 3.8) is 0 Å². The molecule has 0 aliphatic carbocycles. The van der Waals surface area contributed by atoms with Gasteiger partial charge in [0.1, 0.15) is 0 Å². The van der Waals surface area contributed by atoms with Crippen molar-refractivity contribution in [3.05, 3.63) is 0 Å². The van der Waals surface area contributed by atoms with Gasteiger partial charge in [0.2, 0.25) is 0 Å². The van der Waals surface area contributed by atoms with Gasteiger partial charge in [-0.15, -0.1) is 0 Å². The molecule has 6 nitrogen and oxygen atoms in total. The number of nitrogens with two attached hydrogens (primary N) is 1. The van der Waals surface area contributed by atoms with E-state index < -0.39 is 7.75 Å². The Labute approximate surface area is 111 Å². The van der Waals surface area contributed by atoms with Gasteiger partial charge < -0.3 is 5.73 Å². The lowest BCUT2D eigenvalue weighted by atomic mass is 10.4. The van der Waals surface area contributed by atoms with Crippen molar-refractivity contribution < 1.29 is 13.6 Å². The van der Waals surface area contributed by atoms with Gasteiger partial charge in [0, 0.05) is 56.7 Å². The molecule has 0 bridgehead atoms. The Morgan fingerprint density at radius 1 is 1.31 bits per heavy atom. The van der Waals surface area contributed by atoms with Crippen LogP contribution >= 0.6 is 30.6 Å². The molecule has 8 heteroatoms. The van der Waals surface area contributed by atoms with Crippen LogP contribution < -0.4 is 9.26 Å². The van der Waals surface area contributed by atoms with E-state index in [0.717, 1.165) is 19.4 Å². The van der Waals surface area contributed by atoms with Crippen molar-refractivity contribution in [2.75, 3.05) is 40.4 Å². The zero-order valence-electron chi connectivity index (χ0n) is 9.82. The molecule has 0 fully saturated rings. The van der Waals surface area contributed by atoms with E-state index in [1.165, 1.54) is 14.2 Å². The second-order valence-corrected chi connectivity index (χ2v) is 6.16. The van der Waals surface area contributed by atoms with Crippen LogP contribution in [0.4, 0.5) is 0 Å². The number of nitrogens with one attached hydrogen (secondary N) is 1. The van der Waals surface area contributed by atoms with E-state index in [2.05, 4.69) is 26.4 Å². The molecule has 0 aliphatic rings. The molecule has 0 spiro atoms. The summed E-state index contributed by atoms with van der Waals surface area (Å²) >= 11 is 2.08. The minimum absolute atomic E-state index is 0.564. The third-order valence-electron chi connectivity index (χ3n) is 2.12. The van der Waals surface area contributed by atoms with Gasteiger partial charge in [-0.2, -0.15) is 0 Å². The Balaban J connectivity index is 4.32. The lowest BCUT2D eigenvalue weighted by Gasteiger charge is -2.27. The average molecular weight is 365 g/mol. The number of halogens is 1. The van der Waals surface area contributed by atoms with Crippen molar-refractivity contribution in [1.29, 1.82) is 0 Å². The first kappa shape index (κ1) is 16.8. The van der Waals surface area contributed by atoms with Crippen LogP contribution in [0.3, 0.4) is 0 Å². The van der Waals surface area contributed by atoms with Gasteiger partial charge in [-0.1, -0.05) is 0 Å². The predicted molar refractivity (Wildman–Crippen MR) is 73.5 cm³/mol. The zero-order valence-corrected chi connectivity index (χ0v) is 12.9. The molecule has 0 amide bonds. The van der Waals surface area contributed by atoms with Crippen LogP contribution in [0.2, 0.25) is 0 Å². The molecule has 0 unspecified atom stereocenters. The van der Waals surface area contributed by atoms with Crippen molar-refractivity contribution in [3.8, 4) is 0 Å². The van der Waals surface area contributed by atoms with E-state index >= 15 is 0 Å². The minimum atomic E-state index is -3.11. The van der Waals surface area contributed by atoms with Gasteiger partial charge in [-0.25, -0.2) is 9.24 Å². The summed E-state index contributed by atoms with van der Waals surface area (Å²) in [5, 5.41) is 0. The summed E-state index contributed by atoms with van der Waals surface area (Å²) < 4.78 is 26.9. The van der Waals surface area contributed by atoms with Crippen LogP contribution in [0, 0.1) is 0 Å². The third kappa shape index (κ3) is 5.90. The van der Waals surface area contributed by atoms with E-state index in [9.17, 15) is 4.57 Å². The smallest absolute Gasteiger partial charge is 0.330 e. The quantitative estimate of drug-likeness (QED) is 0.264. The second-order valence-electron chi connectivity index (χ2n) is 3.17. The van der Waals surface area contributed by atoms with Crippen molar-refractivity contribution in [2.45, 2.75) is 12.8 Å². The first-order chi connectivity index (χ1) is 7.64. The van der Waals surface area contributed by atoms with Crippen LogP contribution in [-0.4, -0.2) is 45.1 Å². The van der Waals surface area contributed by atoms with Crippen LogP contribution in [0.5, 0.6) is 0 Å². The van der Waals surface area contributed by atoms with Gasteiger partial charge in [0.25, 0.3) is 0 Å². The van der Waals surface area contributed by atoms with Gasteiger partial charge in [-0.05, 0) is 19.4 Å². The third-order valence-corrected chi connectivity index (χ3v) is 4.67. The highest BCUT2D eigenvalue weighted by atomic mass is 127. The highest BCUT2D eigenvalue weighted by Crippen LogP contribution is 2.50. The fraction of sp³-hybridized carbons (Fsp3) is 1.00. The van der Waals surface area contributed by atoms with E-state index in [0.29, 0.717) is 19.6 Å². The second kappa shape index (κ2) is 9.76. The zero-order chi connectivity index (χ0) is 12.4. The summed E-state index contributed by atoms with van der Waals surface area (Å²) in [6.07, 6.45) is 1.65. The molecule has 0 rings (SSSR count).